The number of esters is 1. The number of rotatable bonds is 4. The SMILES string of the molecule is COC(=O)C1CCCN1C(=O)N(CC(=O)O)C1CCCC1. The van der Waals surface area contributed by atoms with Crippen LogP contribution in [0.15, 0.2) is 0 Å². The van der Waals surface area contributed by atoms with Gasteiger partial charge in [-0.15, -0.1) is 0 Å². The average Bonchev–Trinajstić information content (AvgIpc) is 3.13. The minimum Gasteiger partial charge on any atom is -0.480 e. The number of aliphatic carboxylic acids is 1. The number of amides is 2. The molecule has 2 rings (SSSR count). The van der Waals surface area contributed by atoms with Crippen LogP contribution in [0, 0.1) is 0 Å². The van der Waals surface area contributed by atoms with Crippen LogP contribution in [0.1, 0.15) is 38.5 Å². The minimum absolute atomic E-state index is 0.0347. The molecule has 7 heteroatoms. The van der Waals surface area contributed by atoms with Gasteiger partial charge in [0.25, 0.3) is 0 Å². The number of carbonyl (C=O) groups excluding carboxylic acids is 2. The highest BCUT2D eigenvalue weighted by Crippen LogP contribution is 2.27. The zero-order valence-corrected chi connectivity index (χ0v) is 12.3. The van der Waals surface area contributed by atoms with Crippen molar-refractivity contribution in [3.63, 3.8) is 0 Å². The molecule has 2 aliphatic rings. The number of methoxy groups -OCH3 is 1. The second-order valence-corrected chi connectivity index (χ2v) is 5.62. The van der Waals surface area contributed by atoms with Crippen LogP contribution in [0.2, 0.25) is 0 Å². The molecule has 7 nitrogen and oxygen atoms in total. The Morgan fingerprint density at radius 3 is 2.43 bits per heavy atom. The van der Waals surface area contributed by atoms with Gasteiger partial charge in [0.1, 0.15) is 12.6 Å². The Labute approximate surface area is 123 Å². The summed E-state index contributed by atoms with van der Waals surface area (Å²) in [5.74, 6) is -1.45. The van der Waals surface area contributed by atoms with Gasteiger partial charge in [0.15, 0.2) is 0 Å². The summed E-state index contributed by atoms with van der Waals surface area (Å²) in [6, 6.07) is -0.968. The first kappa shape index (κ1) is 15.6. The second kappa shape index (κ2) is 6.78. The molecule has 2 amide bonds. The average molecular weight is 298 g/mol. The summed E-state index contributed by atoms with van der Waals surface area (Å²) in [6.45, 7) is 0.162. The van der Waals surface area contributed by atoms with Crippen LogP contribution >= 0.6 is 0 Å². The molecule has 0 radical (unpaired) electrons. The molecule has 1 heterocycles. The van der Waals surface area contributed by atoms with E-state index in [4.69, 9.17) is 9.84 Å². The molecule has 0 aromatic rings. The number of hydrogen-bond donors (Lipinski definition) is 1. The summed E-state index contributed by atoms with van der Waals surface area (Å²) in [5, 5.41) is 9.05. The van der Waals surface area contributed by atoms with Crippen molar-refractivity contribution in [3.8, 4) is 0 Å². The Balaban J connectivity index is 2.12. The topological polar surface area (TPSA) is 87.2 Å². The van der Waals surface area contributed by atoms with Gasteiger partial charge in [-0.05, 0) is 25.7 Å². The largest absolute Gasteiger partial charge is 0.480 e. The highest BCUT2D eigenvalue weighted by molar-refractivity contribution is 5.86. The first-order valence-electron chi connectivity index (χ1n) is 7.41. The Morgan fingerprint density at radius 1 is 1.19 bits per heavy atom. The normalized spacial score (nSPS) is 22.3. The van der Waals surface area contributed by atoms with Crippen molar-refractivity contribution in [3.05, 3.63) is 0 Å². The number of carboxylic acid groups (broad SMARTS) is 1. The third-order valence-corrected chi connectivity index (χ3v) is 4.29. The molecule has 1 aliphatic heterocycles. The van der Waals surface area contributed by atoms with Gasteiger partial charge in [-0.1, -0.05) is 12.8 Å². The predicted octanol–water partition coefficient (Wildman–Crippen LogP) is 1.07. The molecule has 1 saturated carbocycles. The number of urea groups is 1. The van der Waals surface area contributed by atoms with Crippen LogP contribution in [-0.2, 0) is 14.3 Å². The van der Waals surface area contributed by atoms with Crippen molar-refractivity contribution < 1.29 is 24.2 Å². The first-order chi connectivity index (χ1) is 10.0. The van der Waals surface area contributed by atoms with E-state index in [-0.39, 0.29) is 18.6 Å². The van der Waals surface area contributed by atoms with E-state index in [1.807, 2.05) is 0 Å². The van der Waals surface area contributed by atoms with E-state index in [9.17, 15) is 14.4 Å². The van der Waals surface area contributed by atoms with Gasteiger partial charge in [0.2, 0.25) is 0 Å². The van der Waals surface area contributed by atoms with Crippen LogP contribution in [0.5, 0.6) is 0 Å². The molecule has 1 unspecified atom stereocenters. The van der Waals surface area contributed by atoms with E-state index >= 15 is 0 Å². The standard InChI is InChI=1S/C14H22N2O5/c1-21-13(19)11-7-4-8-15(11)14(20)16(9-12(17)18)10-5-2-3-6-10/h10-11H,2-9H2,1H3,(H,17,18). The van der Waals surface area contributed by atoms with Crippen molar-refractivity contribution in [1.29, 1.82) is 0 Å². The summed E-state index contributed by atoms with van der Waals surface area (Å²) in [4.78, 5) is 38.4. The van der Waals surface area contributed by atoms with E-state index in [1.165, 1.54) is 16.9 Å². The van der Waals surface area contributed by atoms with Gasteiger partial charge in [-0.3, -0.25) is 4.79 Å². The number of carboxylic acids is 1. The summed E-state index contributed by atoms with van der Waals surface area (Å²) >= 11 is 0. The maximum atomic E-state index is 12.7. The van der Waals surface area contributed by atoms with Crippen molar-refractivity contribution in [2.24, 2.45) is 0 Å². The summed E-state index contributed by atoms with van der Waals surface area (Å²) in [7, 11) is 1.30. The number of hydrogen-bond acceptors (Lipinski definition) is 4. The highest BCUT2D eigenvalue weighted by Gasteiger charge is 2.39. The van der Waals surface area contributed by atoms with Gasteiger partial charge in [0.05, 0.1) is 7.11 Å². The van der Waals surface area contributed by atoms with Crippen LogP contribution in [-0.4, -0.2) is 65.2 Å². The number of carbonyl (C=O) groups is 3. The molecule has 0 spiro atoms. The highest BCUT2D eigenvalue weighted by atomic mass is 16.5. The number of ether oxygens (including phenoxy) is 1. The summed E-state index contributed by atoms with van der Waals surface area (Å²) < 4.78 is 4.73. The Bertz CT molecular complexity index is 420. The predicted molar refractivity (Wildman–Crippen MR) is 73.7 cm³/mol. The van der Waals surface area contributed by atoms with Gasteiger partial charge in [-0.2, -0.15) is 0 Å². The van der Waals surface area contributed by atoms with Gasteiger partial charge in [-0.25, -0.2) is 9.59 Å². The van der Waals surface area contributed by atoms with Crippen molar-refractivity contribution >= 4 is 18.0 Å². The lowest BCUT2D eigenvalue weighted by atomic mass is 10.2. The third-order valence-electron chi connectivity index (χ3n) is 4.29. The molecule has 0 aromatic heterocycles. The van der Waals surface area contributed by atoms with Crippen molar-refractivity contribution in [1.82, 2.24) is 9.80 Å². The maximum absolute atomic E-state index is 12.7. The fourth-order valence-corrected chi connectivity index (χ4v) is 3.26. The molecule has 21 heavy (non-hydrogen) atoms. The molecular weight excluding hydrogens is 276 g/mol. The molecular formula is C14H22N2O5. The molecule has 2 fully saturated rings. The quantitative estimate of drug-likeness (QED) is 0.785. The van der Waals surface area contributed by atoms with Crippen LogP contribution in [0.3, 0.4) is 0 Å². The monoisotopic (exact) mass is 298 g/mol. The summed E-state index contributed by atoms with van der Waals surface area (Å²) in [6.07, 6.45) is 4.98. The number of nitrogens with zero attached hydrogens (tertiary/aromatic N) is 2. The molecule has 0 aromatic carbocycles. The van der Waals surface area contributed by atoms with E-state index in [2.05, 4.69) is 0 Å². The molecule has 1 aliphatic carbocycles. The van der Waals surface area contributed by atoms with E-state index in [1.54, 1.807) is 0 Å². The molecule has 118 valence electrons. The lowest BCUT2D eigenvalue weighted by Gasteiger charge is -2.33. The summed E-state index contributed by atoms with van der Waals surface area (Å²) in [5.41, 5.74) is 0. The fourth-order valence-electron chi connectivity index (χ4n) is 3.26. The Hall–Kier alpha value is -1.79. The van der Waals surface area contributed by atoms with Crippen LogP contribution in [0.25, 0.3) is 0 Å². The minimum atomic E-state index is -1.02. The van der Waals surface area contributed by atoms with Crippen molar-refractivity contribution in [2.75, 3.05) is 20.2 Å². The molecule has 1 atom stereocenters. The first-order valence-corrected chi connectivity index (χ1v) is 7.41. The zero-order chi connectivity index (χ0) is 15.4. The van der Waals surface area contributed by atoms with E-state index in [0.717, 1.165) is 32.1 Å². The molecule has 0 bridgehead atoms. The van der Waals surface area contributed by atoms with Gasteiger partial charge < -0.3 is 19.6 Å². The third kappa shape index (κ3) is 3.46. The van der Waals surface area contributed by atoms with Gasteiger partial charge in [0, 0.05) is 12.6 Å². The lowest BCUT2D eigenvalue weighted by molar-refractivity contribution is -0.145. The van der Waals surface area contributed by atoms with Crippen LogP contribution < -0.4 is 0 Å². The van der Waals surface area contributed by atoms with Crippen LogP contribution in [0.4, 0.5) is 4.79 Å². The van der Waals surface area contributed by atoms with Gasteiger partial charge >= 0.3 is 18.0 Å². The fraction of sp³-hybridized carbons (Fsp3) is 0.786. The second-order valence-electron chi connectivity index (χ2n) is 5.62. The smallest absolute Gasteiger partial charge is 0.328 e. The maximum Gasteiger partial charge on any atom is 0.328 e. The zero-order valence-electron chi connectivity index (χ0n) is 12.3. The molecule has 1 saturated heterocycles. The van der Waals surface area contributed by atoms with E-state index < -0.39 is 18.0 Å². The Morgan fingerprint density at radius 2 is 1.86 bits per heavy atom. The van der Waals surface area contributed by atoms with Crippen molar-refractivity contribution in [2.45, 2.75) is 50.6 Å². The number of likely N-dealkylation sites (tertiary alicyclic amines) is 1. The lowest BCUT2D eigenvalue weighted by Crippen LogP contribution is -2.52. The van der Waals surface area contributed by atoms with E-state index in [0.29, 0.717) is 13.0 Å². The molecule has 1 N–H and O–H groups in total. The Kier molecular flexibility index (Phi) is 5.03.